The molecule has 3 rings (SSSR count). The molecule has 1 aliphatic rings. The number of alkyl halides is 3. The third kappa shape index (κ3) is 2.80. The molecule has 0 radical (unpaired) electrons. The second-order valence-corrected chi connectivity index (χ2v) is 5.56. The van der Waals surface area contributed by atoms with Crippen LogP contribution in [0.25, 0.3) is 0 Å². The Kier molecular flexibility index (Phi) is 3.43. The SMILES string of the molecule is FC(F)(F)c1ncc2c(n1)CCN(Cc1cncs1)C2. The van der Waals surface area contributed by atoms with Crippen LogP contribution in [0.5, 0.6) is 0 Å². The first-order valence-electron chi connectivity index (χ1n) is 6.04. The first-order chi connectivity index (χ1) is 9.52. The van der Waals surface area contributed by atoms with Crippen LogP contribution in [0.4, 0.5) is 13.2 Å². The highest BCUT2D eigenvalue weighted by atomic mass is 32.1. The molecule has 3 heterocycles. The number of fused-ring (bicyclic) bond motifs is 1. The van der Waals surface area contributed by atoms with Gasteiger partial charge in [-0.3, -0.25) is 9.88 Å². The molecule has 1 aliphatic heterocycles. The number of nitrogens with zero attached hydrogens (tertiary/aromatic N) is 4. The summed E-state index contributed by atoms with van der Waals surface area (Å²) >= 11 is 1.57. The Labute approximate surface area is 117 Å². The number of hydrogen-bond donors (Lipinski definition) is 0. The molecule has 4 nitrogen and oxygen atoms in total. The number of aromatic nitrogens is 3. The van der Waals surface area contributed by atoms with Crippen LogP contribution in [0.2, 0.25) is 0 Å². The fourth-order valence-corrected chi connectivity index (χ4v) is 2.82. The highest BCUT2D eigenvalue weighted by Crippen LogP contribution is 2.28. The van der Waals surface area contributed by atoms with E-state index in [-0.39, 0.29) is 0 Å². The molecule has 0 atom stereocenters. The van der Waals surface area contributed by atoms with Crippen molar-refractivity contribution in [2.24, 2.45) is 0 Å². The lowest BCUT2D eigenvalue weighted by atomic mass is 10.1. The van der Waals surface area contributed by atoms with Gasteiger partial charge in [0.15, 0.2) is 0 Å². The van der Waals surface area contributed by atoms with E-state index in [0.29, 0.717) is 25.2 Å². The minimum atomic E-state index is -4.48. The highest BCUT2D eigenvalue weighted by molar-refractivity contribution is 7.09. The van der Waals surface area contributed by atoms with Gasteiger partial charge in [0, 0.05) is 48.9 Å². The van der Waals surface area contributed by atoms with Gasteiger partial charge < -0.3 is 0 Å². The molecule has 0 amide bonds. The molecule has 8 heteroatoms. The molecule has 106 valence electrons. The summed E-state index contributed by atoms with van der Waals surface area (Å²) < 4.78 is 37.6. The maximum Gasteiger partial charge on any atom is 0.451 e. The maximum atomic E-state index is 12.5. The lowest BCUT2D eigenvalue weighted by molar-refractivity contribution is -0.145. The fourth-order valence-electron chi connectivity index (χ4n) is 2.19. The van der Waals surface area contributed by atoms with Crippen molar-refractivity contribution < 1.29 is 13.2 Å². The van der Waals surface area contributed by atoms with Crippen LogP contribution in [0.3, 0.4) is 0 Å². The zero-order valence-corrected chi connectivity index (χ0v) is 11.2. The van der Waals surface area contributed by atoms with Crippen LogP contribution in [0.15, 0.2) is 17.9 Å². The van der Waals surface area contributed by atoms with E-state index in [0.717, 1.165) is 17.0 Å². The topological polar surface area (TPSA) is 41.9 Å². The molecule has 0 saturated carbocycles. The summed E-state index contributed by atoms with van der Waals surface area (Å²) in [6.07, 6.45) is -0.859. The van der Waals surface area contributed by atoms with Gasteiger partial charge in [-0.1, -0.05) is 0 Å². The van der Waals surface area contributed by atoms with E-state index >= 15 is 0 Å². The van der Waals surface area contributed by atoms with Crippen molar-refractivity contribution in [3.8, 4) is 0 Å². The monoisotopic (exact) mass is 300 g/mol. The lowest BCUT2D eigenvalue weighted by Gasteiger charge is -2.27. The Bertz CT molecular complexity index is 597. The number of halogens is 3. The molecule has 0 aliphatic carbocycles. The van der Waals surface area contributed by atoms with Gasteiger partial charge in [-0.2, -0.15) is 13.2 Å². The van der Waals surface area contributed by atoms with Crippen LogP contribution < -0.4 is 0 Å². The van der Waals surface area contributed by atoms with Crippen LogP contribution in [0.1, 0.15) is 22.0 Å². The van der Waals surface area contributed by atoms with Crippen molar-refractivity contribution in [3.05, 3.63) is 39.9 Å². The minimum Gasteiger partial charge on any atom is -0.293 e. The quantitative estimate of drug-likeness (QED) is 0.854. The standard InChI is InChI=1S/C12H11F3N4S/c13-12(14,15)11-17-3-8-5-19(2-1-10(8)18-11)6-9-4-16-7-20-9/h3-4,7H,1-2,5-6H2. The number of hydrogen-bond acceptors (Lipinski definition) is 5. The first kappa shape index (κ1) is 13.4. The van der Waals surface area contributed by atoms with Gasteiger partial charge in [-0.05, 0) is 0 Å². The molecular weight excluding hydrogens is 289 g/mol. The molecule has 0 unspecified atom stereocenters. The van der Waals surface area contributed by atoms with Gasteiger partial charge in [0.2, 0.25) is 5.82 Å². The molecule has 0 fully saturated rings. The van der Waals surface area contributed by atoms with Crippen molar-refractivity contribution in [2.45, 2.75) is 25.7 Å². The van der Waals surface area contributed by atoms with Crippen LogP contribution in [0, 0.1) is 0 Å². The Hall–Kier alpha value is -1.54. The van der Waals surface area contributed by atoms with Gasteiger partial charge >= 0.3 is 6.18 Å². The predicted molar refractivity (Wildman–Crippen MR) is 67.0 cm³/mol. The molecule has 0 spiro atoms. The molecular formula is C12H11F3N4S. The molecule has 2 aromatic heterocycles. The Morgan fingerprint density at radius 1 is 1.30 bits per heavy atom. The van der Waals surface area contributed by atoms with Gasteiger partial charge in [0.25, 0.3) is 0 Å². The smallest absolute Gasteiger partial charge is 0.293 e. The molecule has 0 bridgehead atoms. The largest absolute Gasteiger partial charge is 0.451 e. The average Bonchev–Trinajstić information content (AvgIpc) is 2.90. The van der Waals surface area contributed by atoms with E-state index in [2.05, 4.69) is 19.9 Å². The van der Waals surface area contributed by atoms with Gasteiger partial charge in [-0.25, -0.2) is 9.97 Å². The Morgan fingerprint density at radius 3 is 2.85 bits per heavy atom. The number of thiazole rings is 1. The van der Waals surface area contributed by atoms with E-state index in [4.69, 9.17) is 0 Å². The van der Waals surface area contributed by atoms with Crippen molar-refractivity contribution in [1.29, 1.82) is 0 Å². The van der Waals surface area contributed by atoms with Crippen LogP contribution in [-0.4, -0.2) is 26.4 Å². The Balaban J connectivity index is 1.75. The first-order valence-corrected chi connectivity index (χ1v) is 6.92. The summed E-state index contributed by atoms with van der Waals surface area (Å²) in [6, 6.07) is 0. The summed E-state index contributed by atoms with van der Waals surface area (Å²) in [5.41, 5.74) is 3.05. The number of rotatable bonds is 2. The molecule has 0 N–H and O–H groups in total. The summed E-state index contributed by atoms with van der Waals surface area (Å²) in [5, 5.41) is 0. The fraction of sp³-hybridized carbons (Fsp3) is 0.417. The normalized spacial score (nSPS) is 16.1. The van der Waals surface area contributed by atoms with Crippen molar-refractivity contribution in [1.82, 2.24) is 19.9 Å². The lowest BCUT2D eigenvalue weighted by Crippen LogP contribution is -2.31. The van der Waals surface area contributed by atoms with Crippen molar-refractivity contribution in [2.75, 3.05) is 6.54 Å². The molecule has 2 aromatic rings. The van der Waals surface area contributed by atoms with Crippen molar-refractivity contribution >= 4 is 11.3 Å². The maximum absolute atomic E-state index is 12.5. The van der Waals surface area contributed by atoms with E-state index in [1.165, 1.54) is 6.20 Å². The van der Waals surface area contributed by atoms with Gasteiger partial charge in [0.1, 0.15) is 0 Å². The van der Waals surface area contributed by atoms with E-state index in [9.17, 15) is 13.2 Å². The highest BCUT2D eigenvalue weighted by Gasteiger charge is 2.35. The molecule has 20 heavy (non-hydrogen) atoms. The van der Waals surface area contributed by atoms with E-state index in [1.54, 1.807) is 16.8 Å². The third-order valence-electron chi connectivity index (χ3n) is 3.13. The zero-order valence-electron chi connectivity index (χ0n) is 10.4. The van der Waals surface area contributed by atoms with E-state index < -0.39 is 12.0 Å². The molecule has 0 aromatic carbocycles. The van der Waals surface area contributed by atoms with Crippen molar-refractivity contribution in [3.63, 3.8) is 0 Å². The molecule has 0 saturated heterocycles. The summed E-state index contributed by atoms with van der Waals surface area (Å²) in [5.74, 6) is -1.05. The average molecular weight is 300 g/mol. The minimum absolute atomic E-state index is 0.507. The summed E-state index contributed by atoms with van der Waals surface area (Å²) in [4.78, 5) is 14.4. The Morgan fingerprint density at radius 2 is 2.15 bits per heavy atom. The second kappa shape index (κ2) is 5.10. The van der Waals surface area contributed by atoms with E-state index in [1.807, 2.05) is 6.20 Å². The summed E-state index contributed by atoms with van der Waals surface area (Å²) in [7, 11) is 0. The van der Waals surface area contributed by atoms with Crippen LogP contribution >= 0.6 is 11.3 Å². The van der Waals surface area contributed by atoms with Gasteiger partial charge in [-0.15, -0.1) is 11.3 Å². The summed E-state index contributed by atoms with van der Waals surface area (Å²) in [6.45, 7) is 2.02. The zero-order chi connectivity index (χ0) is 14.2. The third-order valence-corrected chi connectivity index (χ3v) is 3.89. The van der Waals surface area contributed by atoms with Crippen LogP contribution in [-0.2, 0) is 25.7 Å². The second-order valence-electron chi connectivity index (χ2n) is 4.59. The van der Waals surface area contributed by atoms with Gasteiger partial charge in [0.05, 0.1) is 11.2 Å². The predicted octanol–water partition coefficient (Wildman–Crippen LogP) is 2.51.